The van der Waals surface area contributed by atoms with E-state index in [0.717, 1.165) is 15.7 Å². The van der Waals surface area contributed by atoms with Crippen LogP contribution >= 0.6 is 27.5 Å². The lowest BCUT2D eigenvalue weighted by Crippen LogP contribution is -2.04. The highest BCUT2D eigenvalue weighted by molar-refractivity contribution is 9.10. The van der Waals surface area contributed by atoms with E-state index in [1.54, 1.807) is 24.0 Å². The van der Waals surface area contributed by atoms with E-state index in [-0.39, 0.29) is 5.78 Å². The Kier molecular flexibility index (Phi) is 3.88. The Hall–Kier alpha value is -1.13. The minimum atomic E-state index is 0.0322. The predicted octanol–water partition coefficient (Wildman–Crippen LogP) is 3.57. The number of benzene rings is 1. The summed E-state index contributed by atoms with van der Waals surface area (Å²) in [6.07, 6.45) is 2.03. The van der Waals surface area contributed by atoms with Crippen LogP contribution in [0.25, 0.3) is 0 Å². The Bertz CT molecular complexity index is 607. The molecule has 3 nitrogen and oxygen atoms in total. The van der Waals surface area contributed by atoms with Crippen LogP contribution in [-0.4, -0.2) is 15.6 Å². The number of carbonyl (C=O) groups is 1. The van der Waals surface area contributed by atoms with Gasteiger partial charge in [-0.15, -0.1) is 0 Å². The molecule has 0 saturated carbocycles. The molecule has 1 aromatic heterocycles. The number of carbonyl (C=O) groups excluding carboxylic acids is 1. The molecule has 2 aromatic rings. The molecular formula is C13H12BrClN2O. The Balaban J connectivity index is 2.24. The van der Waals surface area contributed by atoms with E-state index in [4.69, 9.17) is 11.6 Å². The highest BCUT2D eigenvalue weighted by Crippen LogP contribution is 2.23. The van der Waals surface area contributed by atoms with Gasteiger partial charge in [0.05, 0.1) is 11.3 Å². The first kappa shape index (κ1) is 13.3. The second-order valence-corrected chi connectivity index (χ2v) is 5.46. The molecule has 0 aliphatic carbocycles. The molecule has 0 unspecified atom stereocenters. The third kappa shape index (κ3) is 2.82. The van der Waals surface area contributed by atoms with E-state index in [2.05, 4.69) is 21.0 Å². The van der Waals surface area contributed by atoms with Gasteiger partial charge in [0.25, 0.3) is 0 Å². The van der Waals surface area contributed by atoms with Crippen LogP contribution in [0.1, 0.15) is 21.6 Å². The Morgan fingerprint density at radius 3 is 2.78 bits per heavy atom. The van der Waals surface area contributed by atoms with E-state index in [0.29, 0.717) is 17.0 Å². The lowest BCUT2D eigenvalue weighted by molar-refractivity contribution is 0.0992. The van der Waals surface area contributed by atoms with Crippen molar-refractivity contribution in [2.75, 3.05) is 0 Å². The molecule has 1 aromatic carbocycles. The molecule has 0 fully saturated rings. The second kappa shape index (κ2) is 5.24. The number of halogens is 2. The van der Waals surface area contributed by atoms with Crippen molar-refractivity contribution in [3.63, 3.8) is 0 Å². The molecule has 0 N–H and O–H groups in total. The highest BCUT2D eigenvalue weighted by Gasteiger charge is 2.14. The molecular weight excluding hydrogens is 316 g/mol. The topological polar surface area (TPSA) is 34.9 Å². The molecule has 0 atom stereocenters. The van der Waals surface area contributed by atoms with Gasteiger partial charge < -0.3 is 0 Å². The van der Waals surface area contributed by atoms with Gasteiger partial charge in [-0.25, -0.2) is 0 Å². The highest BCUT2D eigenvalue weighted by atomic mass is 79.9. The Labute approximate surface area is 119 Å². The van der Waals surface area contributed by atoms with Crippen molar-refractivity contribution in [3.05, 3.63) is 50.7 Å². The molecule has 0 amide bonds. The summed E-state index contributed by atoms with van der Waals surface area (Å²) in [6.45, 7) is 1.83. The fourth-order valence-corrected chi connectivity index (χ4v) is 2.55. The monoisotopic (exact) mass is 326 g/mol. The van der Waals surface area contributed by atoms with Gasteiger partial charge in [-0.2, -0.15) is 5.10 Å². The molecule has 0 spiro atoms. The van der Waals surface area contributed by atoms with E-state index in [1.165, 1.54) is 0 Å². The number of hydrogen-bond acceptors (Lipinski definition) is 2. The maximum Gasteiger partial charge on any atom is 0.170 e. The van der Waals surface area contributed by atoms with Gasteiger partial charge in [0.15, 0.2) is 5.78 Å². The first-order valence-corrected chi connectivity index (χ1v) is 6.62. The molecule has 0 aliphatic heterocycles. The second-order valence-electron chi connectivity index (χ2n) is 4.14. The molecule has 18 heavy (non-hydrogen) atoms. The summed E-state index contributed by atoms with van der Waals surface area (Å²) < 4.78 is 2.55. The van der Waals surface area contributed by atoms with Gasteiger partial charge in [-0.05, 0) is 24.6 Å². The summed E-state index contributed by atoms with van der Waals surface area (Å²) in [4.78, 5) is 12.2. The normalized spacial score (nSPS) is 10.7. The number of rotatable bonds is 3. The van der Waals surface area contributed by atoms with Crippen LogP contribution in [-0.2, 0) is 13.5 Å². The number of ketones is 1. The van der Waals surface area contributed by atoms with Crippen molar-refractivity contribution in [3.8, 4) is 0 Å². The summed E-state index contributed by atoms with van der Waals surface area (Å²) in [6, 6.07) is 5.53. The van der Waals surface area contributed by atoms with Crippen molar-refractivity contribution in [2.24, 2.45) is 7.05 Å². The van der Waals surface area contributed by atoms with Crippen LogP contribution in [0.15, 0.2) is 28.9 Å². The zero-order valence-corrected chi connectivity index (χ0v) is 12.4. The first-order chi connectivity index (χ1) is 8.47. The van der Waals surface area contributed by atoms with Crippen molar-refractivity contribution in [1.29, 1.82) is 0 Å². The SMILES string of the molecule is Cc1nn(C)cc1C(=O)Cc1ccc(Br)cc1Cl. The zero-order chi connectivity index (χ0) is 13.3. The molecule has 1 heterocycles. The van der Waals surface area contributed by atoms with Crippen molar-refractivity contribution >= 4 is 33.3 Å². The number of nitrogens with zero attached hydrogens (tertiary/aromatic N) is 2. The third-order valence-corrected chi connectivity index (χ3v) is 3.53. The summed E-state index contributed by atoms with van der Waals surface area (Å²) in [5.74, 6) is 0.0322. The average molecular weight is 328 g/mol. The number of aryl methyl sites for hydroxylation is 2. The van der Waals surface area contributed by atoms with Crippen LogP contribution in [0.3, 0.4) is 0 Å². The average Bonchev–Trinajstić information content (AvgIpc) is 2.62. The van der Waals surface area contributed by atoms with Gasteiger partial charge in [-0.3, -0.25) is 9.48 Å². The maximum atomic E-state index is 12.2. The van der Waals surface area contributed by atoms with Gasteiger partial charge in [0, 0.05) is 29.2 Å². The largest absolute Gasteiger partial charge is 0.294 e. The lowest BCUT2D eigenvalue weighted by atomic mass is 10.0. The first-order valence-electron chi connectivity index (χ1n) is 5.44. The van der Waals surface area contributed by atoms with Crippen molar-refractivity contribution in [1.82, 2.24) is 9.78 Å². The van der Waals surface area contributed by atoms with E-state index in [9.17, 15) is 4.79 Å². The number of hydrogen-bond donors (Lipinski definition) is 0. The molecule has 94 valence electrons. The van der Waals surface area contributed by atoms with E-state index in [1.807, 2.05) is 19.1 Å². The maximum absolute atomic E-state index is 12.2. The summed E-state index contributed by atoms with van der Waals surface area (Å²) >= 11 is 9.44. The minimum Gasteiger partial charge on any atom is -0.294 e. The third-order valence-electron chi connectivity index (χ3n) is 2.68. The quantitative estimate of drug-likeness (QED) is 0.808. The lowest BCUT2D eigenvalue weighted by Gasteiger charge is -2.03. The van der Waals surface area contributed by atoms with Crippen LogP contribution < -0.4 is 0 Å². The Morgan fingerprint density at radius 2 is 2.22 bits per heavy atom. The molecule has 2 rings (SSSR count). The molecule has 5 heteroatoms. The van der Waals surface area contributed by atoms with Crippen molar-refractivity contribution < 1.29 is 4.79 Å². The van der Waals surface area contributed by atoms with E-state index < -0.39 is 0 Å². The molecule has 0 saturated heterocycles. The fraction of sp³-hybridized carbons (Fsp3) is 0.231. The van der Waals surface area contributed by atoms with Crippen LogP contribution in [0.5, 0.6) is 0 Å². The Morgan fingerprint density at radius 1 is 1.50 bits per heavy atom. The summed E-state index contributed by atoms with van der Waals surface area (Å²) in [5, 5.41) is 4.76. The number of aromatic nitrogens is 2. The molecule has 0 aliphatic rings. The number of Topliss-reactive ketones (excluding diaryl/α,β-unsaturated/α-hetero) is 1. The van der Waals surface area contributed by atoms with Crippen LogP contribution in [0.4, 0.5) is 0 Å². The van der Waals surface area contributed by atoms with Crippen LogP contribution in [0, 0.1) is 6.92 Å². The van der Waals surface area contributed by atoms with Gasteiger partial charge in [-0.1, -0.05) is 33.6 Å². The molecule has 0 radical (unpaired) electrons. The van der Waals surface area contributed by atoms with Gasteiger partial charge in [0.2, 0.25) is 0 Å². The fourth-order valence-electron chi connectivity index (χ4n) is 1.81. The molecule has 0 bridgehead atoms. The standard InChI is InChI=1S/C13H12BrClN2O/c1-8-11(7-17(2)16-8)13(18)5-9-3-4-10(14)6-12(9)15/h3-4,6-7H,5H2,1-2H3. The van der Waals surface area contributed by atoms with Crippen molar-refractivity contribution in [2.45, 2.75) is 13.3 Å². The zero-order valence-electron chi connectivity index (χ0n) is 10.1. The summed E-state index contributed by atoms with van der Waals surface area (Å²) in [7, 11) is 1.80. The van der Waals surface area contributed by atoms with Gasteiger partial charge >= 0.3 is 0 Å². The summed E-state index contributed by atoms with van der Waals surface area (Å²) in [5.41, 5.74) is 2.22. The predicted molar refractivity (Wildman–Crippen MR) is 75.1 cm³/mol. The minimum absolute atomic E-state index is 0.0322. The van der Waals surface area contributed by atoms with E-state index >= 15 is 0 Å². The smallest absolute Gasteiger partial charge is 0.170 e. The van der Waals surface area contributed by atoms with Gasteiger partial charge in [0.1, 0.15) is 0 Å². The van der Waals surface area contributed by atoms with Crippen LogP contribution in [0.2, 0.25) is 5.02 Å².